The molecule has 68 valence electrons. The highest BCUT2D eigenvalue weighted by Crippen LogP contribution is 2.23. The third-order valence-corrected chi connectivity index (χ3v) is 3.30. The first-order chi connectivity index (χ1) is 5.59. The van der Waals surface area contributed by atoms with Crippen molar-refractivity contribution in [2.75, 3.05) is 0 Å². The maximum Gasteiger partial charge on any atom is 0.00773 e. The highest BCUT2D eigenvalue weighted by molar-refractivity contribution is 7.12. The molecular weight excluding hydrogens is 164 g/mol. The number of aryl methyl sites for hydroxylation is 3. The molecule has 0 N–H and O–H groups in total. The van der Waals surface area contributed by atoms with Crippen LogP contribution in [0, 0.1) is 19.8 Å². The average molecular weight is 182 g/mol. The average Bonchev–Trinajstić information content (AvgIpc) is 2.26. The van der Waals surface area contributed by atoms with Gasteiger partial charge in [-0.25, -0.2) is 0 Å². The molecule has 0 amide bonds. The van der Waals surface area contributed by atoms with Crippen molar-refractivity contribution in [2.45, 2.75) is 40.5 Å². The van der Waals surface area contributed by atoms with Gasteiger partial charge in [-0.15, -0.1) is 11.3 Å². The molecule has 1 aromatic rings. The molecule has 12 heavy (non-hydrogen) atoms. The normalized spacial score (nSPS) is 11.1. The fourth-order valence-corrected chi connectivity index (χ4v) is 2.42. The van der Waals surface area contributed by atoms with Crippen LogP contribution in [0.25, 0.3) is 0 Å². The summed E-state index contributed by atoms with van der Waals surface area (Å²) >= 11 is 1.96. The maximum atomic E-state index is 2.29. The zero-order chi connectivity index (χ0) is 9.14. The maximum absolute atomic E-state index is 2.29. The van der Waals surface area contributed by atoms with Crippen molar-refractivity contribution < 1.29 is 0 Å². The monoisotopic (exact) mass is 182 g/mol. The first-order valence-corrected chi connectivity index (χ1v) is 5.47. The molecule has 0 saturated heterocycles. The van der Waals surface area contributed by atoms with Gasteiger partial charge in [0.2, 0.25) is 0 Å². The highest BCUT2D eigenvalue weighted by Gasteiger charge is 2.03. The summed E-state index contributed by atoms with van der Waals surface area (Å²) in [6.45, 7) is 8.99. The lowest BCUT2D eigenvalue weighted by atomic mass is 10.1. The summed E-state index contributed by atoms with van der Waals surface area (Å²) in [5.74, 6) is 0.826. The molecule has 0 aliphatic rings. The Morgan fingerprint density at radius 3 is 2.42 bits per heavy atom. The molecular formula is C11H18S. The highest BCUT2D eigenvalue weighted by atomic mass is 32.1. The number of thiophene rings is 1. The number of hydrogen-bond donors (Lipinski definition) is 0. The summed E-state index contributed by atoms with van der Waals surface area (Å²) < 4.78 is 0. The Morgan fingerprint density at radius 2 is 2.00 bits per heavy atom. The van der Waals surface area contributed by atoms with Gasteiger partial charge >= 0.3 is 0 Å². The second kappa shape index (κ2) is 4.08. The van der Waals surface area contributed by atoms with Crippen molar-refractivity contribution in [3.63, 3.8) is 0 Å². The van der Waals surface area contributed by atoms with E-state index in [4.69, 9.17) is 0 Å². The third-order valence-electron chi connectivity index (χ3n) is 2.09. The Labute approximate surface area is 79.6 Å². The Morgan fingerprint density at radius 1 is 1.33 bits per heavy atom. The van der Waals surface area contributed by atoms with Crippen molar-refractivity contribution in [3.8, 4) is 0 Å². The van der Waals surface area contributed by atoms with E-state index in [9.17, 15) is 0 Å². The van der Waals surface area contributed by atoms with E-state index in [0.29, 0.717) is 0 Å². The number of hydrogen-bond acceptors (Lipinski definition) is 1. The molecule has 0 atom stereocenters. The standard InChI is InChI=1S/C11H18S/c1-8(2)5-6-11-9(3)7-10(4)12-11/h7-8H,5-6H2,1-4H3. The van der Waals surface area contributed by atoms with E-state index in [-0.39, 0.29) is 0 Å². The van der Waals surface area contributed by atoms with Gasteiger partial charge in [-0.2, -0.15) is 0 Å². The van der Waals surface area contributed by atoms with E-state index >= 15 is 0 Å². The third kappa shape index (κ3) is 2.63. The largest absolute Gasteiger partial charge is 0.145 e. The summed E-state index contributed by atoms with van der Waals surface area (Å²) in [5, 5.41) is 0. The Bertz CT molecular complexity index is 246. The van der Waals surface area contributed by atoms with Gasteiger partial charge < -0.3 is 0 Å². The van der Waals surface area contributed by atoms with Crippen LogP contribution in [0.1, 0.15) is 35.6 Å². The summed E-state index contributed by atoms with van der Waals surface area (Å²) in [6, 6.07) is 2.29. The number of rotatable bonds is 3. The lowest BCUT2D eigenvalue weighted by Crippen LogP contribution is -1.90. The second-order valence-electron chi connectivity index (χ2n) is 3.90. The molecule has 1 heterocycles. The van der Waals surface area contributed by atoms with Gasteiger partial charge in [0, 0.05) is 9.75 Å². The Hall–Kier alpha value is -0.300. The molecule has 1 rings (SSSR count). The molecule has 0 fully saturated rings. The van der Waals surface area contributed by atoms with Crippen molar-refractivity contribution in [2.24, 2.45) is 5.92 Å². The van der Waals surface area contributed by atoms with Crippen LogP contribution in [0.4, 0.5) is 0 Å². The SMILES string of the molecule is Cc1cc(C)c(CCC(C)C)s1. The smallest absolute Gasteiger partial charge is 0.00773 e. The molecule has 0 unspecified atom stereocenters. The molecule has 0 saturated carbocycles. The molecule has 0 aliphatic heterocycles. The lowest BCUT2D eigenvalue weighted by Gasteiger charge is -2.02. The second-order valence-corrected chi connectivity index (χ2v) is 5.24. The van der Waals surface area contributed by atoms with Gasteiger partial charge in [0.25, 0.3) is 0 Å². The summed E-state index contributed by atoms with van der Waals surface area (Å²) in [5.41, 5.74) is 1.48. The van der Waals surface area contributed by atoms with Gasteiger partial charge in [0.1, 0.15) is 0 Å². The topological polar surface area (TPSA) is 0 Å². The van der Waals surface area contributed by atoms with Gasteiger partial charge in [-0.05, 0) is 44.2 Å². The minimum absolute atomic E-state index is 0.826. The van der Waals surface area contributed by atoms with E-state index < -0.39 is 0 Å². The van der Waals surface area contributed by atoms with E-state index in [0.717, 1.165) is 5.92 Å². The molecule has 0 radical (unpaired) electrons. The molecule has 0 aliphatic carbocycles. The van der Waals surface area contributed by atoms with Crippen molar-refractivity contribution in [3.05, 3.63) is 21.4 Å². The van der Waals surface area contributed by atoms with Crippen LogP contribution in [-0.4, -0.2) is 0 Å². The Balaban J connectivity index is 2.57. The van der Waals surface area contributed by atoms with Gasteiger partial charge in [-0.3, -0.25) is 0 Å². The predicted molar refractivity (Wildman–Crippen MR) is 57.0 cm³/mol. The quantitative estimate of drug-likeness (QED) is 0.664. The summed E-state index contributed by atoms with van der Waals surface area (Å²) in [6.07, 6.45) is 2.59. The van der Waals surface area contributed by atoms with Gasteiger partial charge in [0.05, 0.1) is 0 Å². The minimum Gasteiger partial charge on any atom is -0.145 e. The lowest BCUT2D eigenvalue weighted by molar-refractivity contribution is 0.589. The van der Waals surface area contributed by atoms with Gasteiger partial charge in [0.15, 0.2) is 0 Å². The van der Waals surface area contributed by atoms with Crippen LogP contribution in [0.15, 0.2) is 6.07 Å². The van der Waals surface area contributed by atoms with E-state index in [1.165, 1.54) is 23.3 Å². The van der Waals surface area contributed by atoms with Crippen LogP contribution < -0.4 is 0 Å². The Kier molecular flexibility index (Phi) is 3.33. The van der Waals surface area contributed by atoms with Crippen LogP contribution in [0.5, 0.6) is 0 Å². The van der Waals surface area contributed by atoms with Crippen molar-refractivity contribution >= 4 is 11.3 Å². The minimum atomic E-state index is 0.826. The van der Waals surface area contributed by atoms with Crippen molar-refractivity contribution in [1.82, 2.24) is 0 Å². The first-order valence-electron chi connectivity index (χ1n) is 4.65. The van der Waals surface area contributed by atoms with Crippen LogP contribution in [-0.2, 0) is 6.42 Å². The van der Waals surface area contributed by atoms with Crippen LogP contribution in [0.2, 0.25) is 0 Å². The first kappa shape index (κ1) is 9.79. The molecule has 1 heteroatoms. The fraction of sp³-hybridized carbons (Fsp3) is 0.636. The van der Waals surface area contributed by atoms with Crippen molar-refractivity contribution in [1.29, 1.82) is 0 Å². The van der Waals surface area contributed by atoms with E-state index in [1.807, 2.05) is 11.3 Å². The summed E-state index contributed by atoms with van der Waals surface area (Å²) in [4.78, 5) is 3.03. The fourth-order valence-electron chi connectivity index (χ4n) is 1.36. The zero-order valence-electron chi connectivity index (χ0n) is 8.48. The van der Waals surface area contributed by atoms with Crippen LogP contribution >= 0.6 is 11.3 Å². The molecule has 0 nitrogen and oxygen atoms in total. The molecule has 0 bridgehead atoms. The van der Waals surface area contributed by atoms with E-state index in [2.05, 4.69) is 33.8 Å². The summed E-state index contributed by atoms with van der Waals surface area (Å²) in [7, 11) is 0. The van der Waals surface area contributed by atoms with E-state index in [1.54, 1.807) is 4.88 Å². The van der Waals surface area contributed by atoms with Gasteiger partial charge in [-0.1, -0.05) is 13.8 Å². The zero-order valence-corrected chi connectivity index (χ0v) is 9.29. The molecule has 0 aromatic carbocycles. The molecule has 0 spiro atoms. The predicted octanol–water partition coefficient (Wildman–Crippen LogP) is 3.95. The molecule has 1 aromatic heterocycles. The van der Waals surface area contributed by atoms with Crippen LogP contribution in [0.3, 0.4) is 0 Å².